The molecule has 3 heterocycles. The van der Waals surface area contributed by atoms with Gasteiger partial charge in [-0.25, -0.2) is 8.42 Å². The Bertz CT molecular complexity index is 763. The van der Waals surface area contributed by atoms with Gasteiger partial charge in [-0.2, -0.15) is 4.31 Å². The van der Waals surface area contributed by atoms with Crippen molar-refractivity contribution in [1.82, 2.24) is 19.3 Å². The van der Waals surface area contributed by atoms with E-state index in [9.17, 15) is 8.42 Å². The van der Waals surface area contributed by atoms with Gasteiger partial charge in [0.05, 0.1) is 0 Å². The summed E-state index contributed by atoms with van der Waals surface area (Å²) in [6, 6.07) is 4.11. The quantitative estimate of drug-likeness (QED) is 0.816. The molecule has 0 aliphatic carbocycles. The molecule has 0 aromatic carbocycles. The number of aryl methyl sites for hydroxylation is 2. The number of sulfonamides is 1. The van der Waals surface area contributed by atoms with Gasteiger partial charge in [0.1, 0.15) is 10.6 Å². The molecule has 0 bridgehead atoms. The molecule has 124 valence electrons. The van der Waals surface area contributed by atoms with E-state index in [1.807, 2.05) is 25.4 Å². The largest absolute Gasteiger partial charge is 0.360 e. The predicted octanol–water partition coefficient (Wildman–Crippen LogP) is 1.19. The van der Waals surface area contributed by atoms with Crippen molar-refractivity contribution in [3.63, 3.8) is 0 Å². The summed E-state index contributed by atoms with van der Waals surface area (Å²) in [5.41, 5.74) is 1.52. The molecule has 2 aromatic heterocycles. The van der Waals surface area contributed by atoms with E-state index in [1.165, 1.54) is 4.31 Å². The van der Waals surface area contributed by atoms with E-state index in [-0.39, 0.29) is 10.9 Å². The average molecular weight is 336 g/mol. The van der Waals surface area contributed by atoms with Crippen LogP contribution in [-0.4, -0.2) is 53.9 Å². The van der Waals surface area contributed by atoms with Crippen LogP contribution >= 0.6 is 0 Å². The standard InChI is InChI=1S/C15H20N4O3S/c1-11-15(12(2)22-17-11)23(20,21)19-9-14(10-19)18(3)8-13-5-4-6-16-7-13/h4-7,14H,8-10H2,1-3H3. The zero-order valence-corrected chi connectivity index (χ0v) is 14.2. The van der Waals surface area contributed by atoms with Gasteiger partial charge in [-0.15, -0.1) is 0 Å². The maximum absolute atomic E-state index is 12.6. The van der Waals surface area contributed by atoms with Gasteiger partial charge in [0, 0.05) is 38.1 Å². The van der Waals surface area contributed by atoms with Crippen LogP contribution in [0.3, 0.4) is 0 Å². The molecule has 1 aliphatic rings. The lowest BCUT2D eigenvalue weighted by atomic mass is 10.1. The first-order chi connectivity index (χ1) is 10.9. The lowest BCUT2D eigenvalue weighted by Crippen LogP contribution is -2.59. The second kappa shape index (κ2) is 6.03. The van der Waals surface area contributed by atoms with Gasteiger partial charge < -0.3 is 4.52 Å². The molecule has 0 amide bonds. The number of hydrogen-bond donors (Lipinski definition) is 0. The Kier molecular flexibility index (Phi) is 4.22. The van der Waals surface area contributed by atoms with E-state index in [0.717, 1.165) is 12.1 Å². The van der Waals surface area contributed by atoms with Gasteiger partial charge in [0.2, 0.25) is 10.0 Å². The fraction of sp³-hybridized carbons (Fsp3) is 0.467. The van der Waals surface area contributed by atoms with Gasteiger partial charge in [-0.05, 0) is 32.5 Å². The van der Waals surface area contributed by atoms with Gasteiger partial charge in [-0.3, -0.25) is 9.88 Å². The Morgan fingerprint density at radius 3 is 2.70 bits per heavy atom. The van der Waals surface area contributed by atoms with E-state index >= 15 is 0 Å². The van der Waals surface area contributed by atoms with Crippen molar-refractivity contribution in [2.24, 2.45) is 0 Å². The van der Waals surface area contributed by atoms with Crippen LogP contribution in [0.25, 0.3) is 0 Å². The minimum atomic E-state index is -3.52. The summed E-state index contributed by atoms with van der Waals surface area (Å²) < 4.78 is 31.7. The summed E-state index contributed by atoms with van der Waals surface area (Å²) in [5.74, 6) is 0.342. The lowest BCUT2D eigenvalue weighted by molar-refractivity contribution is 0.105. The average Bonchev–Trinajstić information content (AvgIpc) is 2.77. The summed E-state index contributed by atoms with van der Waals surface area (Å²) >= 11 is 0. The summed E-state index contributed by atoms with van der Waals surface area (Å²) in [5, 5.41) is 3.74. The van der Waals surface area contributed by atoms with Crippen molar-refractivity contribution in [1.29, 1.82) is 0 Å². The first kappa shape index (κ1) is 16.1. The number of hydrogen-bond acceptors (Lipinski definition) is 6. The molecule has 0 atom stereocenters. The highest BCUT2D eigenvalue weighted by atomic mass is 32.2. The van der Waals surface area contributed by atoms with Crippen LogP contribution < -0.4 is 0 Å². The van der Waals surface area contributed by atoms with Gasteiger partial charge >= 0.3 is 0 Å². The lowest BCUT2D eigenvalue weighted by Gasteiger charge is -2.42. The van der Waals surface area contributed by atoms with Crippen LogP contribution in [-0.2, 0) is 16.6 Å². The maximum Gasteiger partial charge on any atom is 0.248 e. The number of aromatic nitrogens is 2. The van der Waals surface area contributed by atoms with Crippen molar-refractivity contribution in [2.45, 2.75) is 31.3 Å². The normalized spacial score (nSPS) is 16.7. The highest BCUT2D eigenvalue weighted by molar-refractivity contribution is 7.89. The van der Waals surface area contributed by atoms with Crippen molar-refractivity contribution < 1.29 is 12.9 Å². The first-order valence-corrected chi connectivity index (χ1v) is 8.85. The Hall–Kier alpha value is -1.77. The third kappa shape index (κ3) is 3.01. The van der Waals surface area contributed by atoms with Crippen molar-refractivity contribution in [3.05, 3.63) is 41.5 Å². The van der Waals surface area contributed by atoms with Gasteiger partial charge in [0.25, 0.3) is 0 Å². The summed E-state index contributed by atoms with van der Waals surface area (Å²) in [7, 11) is -1.52. The molecule has 0 saturated carbocycles. The molecule has 1 fully saturated rings. The van der Waals surface area contributed by atoms with Crippen LogP contribution in [0.2, 0.25) is 0 Å². The highest BCUT2D eigenvalue weighted by Crippen LogP contribution is 2.28. The molecule has 23 heavy (non-hydrogen) atoms. The number of pyridine rings is 1. The molecule has 1 aliphatic heterocycles. The zero-order chi connectivity index (χ0) is 16.6. The molecule has 1 saturated heterocycles. The van der Waals surface area contributed by atoms with Crippen molar-refractivity contribution >= 4 is 10.0 Å². The molecule has 0 spiro atoms. The minimum Gasteiger partial charge on any atom is -0.360 e. The van der Waals surface area contributed by atoms with Crippen LogP contribution in [0.1, 0.15) is 17.0 Å². The summed E-state index contributed by atoms with van der Waals surface area (Å²) in [6.45, 7) is 4.97. The molecule has 0 N–H and O–H groups in total. The number of rotatable bonds is 5. The maximum atomic E-state index is 12.6. The molecule has 7 nitrogen and oxygen atoms in total. The van der Waals surface area contributed by atoms with Crippen LogP contribution in [0.5, 0.6) is 0 Å². The number of likely N-dealkylation sites (N-methyl/N-ethyl adjacent to an activating group) is 1. The summed E-state index contributed by atoms with van der Waals surface area (Å²) in [4.78, 5) is 6.45. The van der Waals surface area contributed by atoms with Crippen molar-refractivity contribution in [2.75, 3.05) is 20.1 Å². The molecule has 3 rings (SSSR count). The zero-order valence-electron chi connectivity index (χ0n) is 13.4. The second-order valence-corrected chi connectivity index (χ2v) is 7.78. The Balaban J connectivity index is 1.64. The predicted molar refractivity (Wildman–Crippen MR) is 84.2 cm³/mol. The third-order valence-electron chi connectivity index (χ3n) is 4.17. The Morgan fingerprint density at radius 2 is 2.13 bits per heavy atom. The fourth-order valence-electron chi connectivity index (χ4n) is 2.77. The van der Waals surface area contributed by atoms with E-state index in [0.29, 0.717) is 24.5 Å². The van der Waals surface area contributed by atoms with E-state index in [1.54, 1.807) is 20.0 Å². The van der Waals surface area contributed by atoms with E-state index in [4.69, 9.17) is 4.52 Å². The molecule has 8 heteroatoms. The third-order valence-corrected chi connectivity index (χ3v) is 6.25. The monoisotopic (exact) mass is 336 g/mol. The Morgan fingerprint density at radius 1 is 1.39 bits per heavy atom. The fourth-order valence-corrected chi connectivity index (χ4v) is 4.58. The topological polar surface area (TPSA) is 79.5 Å². The smallest absolute Gasteiger partial charge is 0.248 e. The summed E-state index contributed by atoms with van der Waals surface area (Å²) in [6.07, 6.45) is 3.57. The molecule has 2 aromatic rings. The SMILES string of the molecule is Cc1noc(C)c1S(=O)(=O)N1CC(N(C)Cc2cccnc2)C1. The van der Waals surface area contributed by atoms with Gasteiger partial charge in [0.15, 0.2) is 5.76 Å². The highest BCUT2D eigenvalue weighted by Gasteiger charge is 2.41. The van der Waals surface area contributed by atoms with E-state index in [2.05, 4.69) is 15.0 Å². The minimum absolute atomic E-state index is 0.199. The molecular formula is C15H20N4O3S. The van der Waals surface area contributed by atoms with Crippen LogP contribution in [0, 0.1) is 13.8 Å². The Labute approximate surface area is 136 Å². The molecular weight excluding hydrogens is 316 g/mol. The van der Waals surface area contributed by atoms with Crippen LogP contribution in [0.4, 0.5) is 0 Å². The van der Waals surface area contributed by atoms with E-state index < -0.39 is 10.0 Å². The van der Waals surface area contributed by atoms with Crippen LogP contribution in [0.15, 0.2) is 33.9 Å². The van der Waals surface area contributed by atoms with Crippen molar-refractivity contribution in [3.8, 4) is 0 Å². The number of nitrogens with zero attached hydrogens (tertiary/aromatic N) is 4. The second-order valence-electron chi connectivity index (χ2n) is 5.91. The van der Waals surface area contributed by atoms with Gasteiger partial charge in [-0.1, -0.05) is 11.2 Å². The molecule has 0 unspecified atom stereocenters. The first-order valence-electron chi connectivity index (χ1n) is 7.41. The molecule has 0 radical (unpaired) electrons.